The maximum absolute atomic E-state index is 11.9. The summed E-state index contributed by atoms with van der Waals surface area (Å²) in [5.41, 5.74) is 0.0888. The summed E-state index contributed by atoms with van der Waals surface area (Å²) >= 11 is 5.92. The Bertz CT molecular complexity index is 656. The molecule has 24 heavy (non-hydrogen) atoms. The van der Waals surface area contributed by atoms with E-state index in [0.29, 0.717) is 5.02 Å². The first-order valence-corrected chi connectivity index (χ1v) is 9.90. The number of halogens is 1. The number of nitrogens with one attached hydrogen (secondary N) is 2. The highest BCUT2D eigenvalue weighted by molar-refractivity contribution is 7.91. The normalized spacial score (nSPS) is 13.2. The number of ether oxygens (including phenoxy) is 1. The number of carbonyl (C=O) groups excluding carboxylic acids is 1. The lowest BCUT2D eigenvalue weighted by Crippen LogP contribution is -2.46. The van der Waals surface area contributed by atoms with Crippen molar-refractivity contribution >= 4 is 33.2 Å². The van der Waals surface area contributed by atoms with Crippen molar-refractivity contribution in [1.82, 2.24) is 5.32 Å². The molecule has 136 valence electrons. The van der Waals surface area contributed by atoms with Gasteiger partial charge in [0.15, 0.2) is 9.84 Å². The Morgan fingerprint density at radius 2 is 2.00 bits per heavy atom. The molecule has 0 aliphatic rings. The van der Waals surface area contributed by atoms with E-state index in [1.807, 2.05) is 6.07 Å². The summed E-state index contributed by atoms with van der Waals surface area (Å²) in [5, 5.41) is 6.26. The minimum absolute atomic E-state index is 0.0106. The van der Waals surface area contributed by atoms with Gasteiger partial charge in [0.25, 0.3) is 0 Å². The van der Waals surface area contributed by atoms with Crippen molar-refractivity contribution in [2.75, 3.05) is 23.4 Å². The second-order valence-electron chi connectivity index (χ2n) is 6.43. The van der Waals surface area contributed by atoms with E-state index in [1.165, 1.54) is 0 Å². The molecule has 0 bridgehead atoms. The van der Waals surface area contributed by atoms with Gasteiger partial charge in [-0.2, -0.15) is 0 Å². The molecule has 6 nitrogen and oxygen atoms in total. The van der Waals surface area contributed by atoms with Gasteiger partial charge < -0.3 is 15.4 Å². The average molecular weight is 377 g/mol. The minimum Gasteiger partial charge on any atom is -0.444 e. The molecule has 0 aliphatic carbocycles. The quantitative estimate of drug-likeness (QED) is 0.763. The Balaban J connectivity index is 2.75. The lowest BCUT2D eigenvalue weighted by molar-refractivity contribution is 0.0512. The third-order valence-electron chi connectivity index (χ3n) is 2.99. The fourth-order valence-electron chi connectivity index (χ4n) is 1.89. The summed E-state index contributed by atoms with van der Waals surface area (Å²) in [6, 6.07) is 6.43. The zero-order chi connectivity index (χ0) is 18.4. The second kappa shape index (κ2) is 8.58. The van der Waals surface area contributed by atoms with Crippen LogP contribution in [0.15, 0.2) is 24.3 Å². The molecule has 0 heterocycles. The number of hydrogen-bond acceptors (Lipinski definition) is 5. The number of hydrogen-bond donors (Lipinski definition) is 2. The van der Waals surface area contributed by atoms with Gasteiger partial charge >= 0.3 is 6.09 Å². The molecule has 1 amide bonds. The summed E-state index contributed by atoms with van der Waals surface area (Å²) in [6.45, 7) is 7.04. The predicted molar refractivity (Wildman–Crippen MR) is 97.4 cm³/mol. The van der Waals surface area contributed by atoms with Gasteiger partial charge in [0.05, 0.1) is 11.8 Å². The molecular formula is C16H25ClN2O4S. The predicted octanol–water partition coefficient (Wildman–Crippen LogP) is 3.08. The highest BCUT2D eigenvalue weighted by atomic mass is 35.5. The van der Waals surface area contributed by atoms with E-state index in [1.54, 1.807) is 45.9 Å². The second-order valence-corrected chi connectivity index (χ2v) is 9.27. The molecule has 1 rings (SSSR count). The number of amides is 1. The lowest BCUT2D eigenvalue weighted by Gasteiger charge is -2.24. The molecule has 0 radical (unpaired) electrons. The van der Waals surface area contributed by atoms with Gasteiger partial charge in [-0.05, 0) is 39.0 Å². The van der Waals surface area contributed by atoms with Crippen LogP contribution in [0, 0.1) is 0 Å². The van der Waals surface area contributed by atoms with Crippen LogP contribution in [-0.2, 0) is 14.6 Å². The molecule has 1 aromatic rings. The van der Waals surface area contributed by atoms with Gasteiger partial charge in [-0.15, -0.1) is 0 Å². The van der Waals surface area contributed by atoms with E-state index >= 15 is 0 Å². The smallest absolute Gasteiger partial charge is 0.407 e. The Hall–Kier alpha value is -1.47. The Morgan fingerprint density at radius 1 is 1.33 bits per heavy atom. The van der Waals surface area contributed by atoms with E-state index < -0.39 is 27.6 Å². The average Bonchev–Trinajstić information content (AvgIpc) is 2.42. The first-order valence-electron chi connectivity index (χ1n) is 7.70. The van der Waals surface area contributed by atoms with Gasteiger partial charge in [-0.1, -0.05) is 24.6 Å². The first kappa shape index (κ1) is 20.6. The summed E-state index contributed by atoms with van der Waals surface area (Å²) in [7, 11) is -3.26. The molecule has 1 aromatic carbocycles. The van der Waals surface area contributed by atoms with Gasteiger partial charge in [0.1, 0.15) is 5.60 Å². The maximum Gasteiger partial charge on any atom is 0.407 e. The lowest BCUT2D eigenvalue weighted by atomic mass is 10.2. The van der Waals surface area contributed by atoms with Crippen molar-refractivity contribution in [3.63, 3.8) is 0 Å². The van der Waals surface area contributed by atoms with Crippen LogP contribution >= 0.6 is 11.6 Å². The van der Waals surface area contributed by atoms with Gasteiger partial charge in [-0.3, -0.25) is 0 Å². The maximum atomic E-state index is 11.9. The molecule has 1 atom stereocenters. The third kappa shape index (κ3) is 8.40. The molecule has 0 aromatic heterocycles. The minimum atomic E-state index is -3.26. The van der Waals surface area contributed by atoms with E-state index in [-0.39, 0.29) is 18.1 Å². The van der Waals surface area contributed by atoms with Crippen LogP contribution in [0.5, 0.6) is 0 Å². The van der Waals surface area contributed by atoms with Crippen molar-refractivity contribution < 1.29 is 17.9 Å². The number of sulfone groups is 1. The van der Waals surface area contributed by atoms with E-state index in [9.17, 15) is 13.2 Å². The van der Waals surface area contributed by atoms with Crippen LogP contribution in [0.3, 0.4) is 0 Å². The zero-order valence-corrected chi connectivity index (χ0v) is 16.0. The zero-order valence-electron chi connectivity index (χ0n) is 14.4. The van der Waals surface area contributed by atoms with Crippen molar-refractivity contribution in [3.8, 4) is 0 Å². The molecule has 2 N–H and O–H groups in total. The van der Waals surface area contributed by atoms with Crippen molar-refractivity contribution in [1.29, 1.82) is 0 Å². The highest BCUT2D eigenvalue weighted by Gasteiger charge is 2.23. The van der Waals surface area contributed by atoms with Crippen LogP contribution in [-0.4, -0.2) is 44.2 Å². The molecule has 0 aliphatic heterocycles. The molecule has 8 heteroatoms. The molecule has 0 saturated carbocycles. The molecule has 0 fully saturated rings. The molecular weight excluding hydrogens is 352 g/mol. The topological polar surface area (TPSA) is 84.5 Å². The number of alkyl carbamates (subject to hydrolysis) is 1. The first-order chi connectivity index (χ1) is 11.0. The summed E-state index contributed by atoms with van der Waals surface area (Å²) in [4.78, 5) is 11.9. The van der Waals surface area contributed by atoms with Crippen molar-refractivity contribution in [2.24, 2.45) is 0 Å². The largest absolute Gasteiger partial charge is 0.444 e. The monoisotopic (exact) mass is 376 g/mol. The standard InChI is InChI=1S/C16H25ClN2O4S/c1-5-24(21,22)11-14(19-15(20)23-16(2,3)4)10-18-13-8-6-7-12(17)9-13/h6-9,14,18H,5,10-11H2,1-4H3,(H,19,20)/t14-/m1/s1. The molecule has 0 unspecified atom stereocenters. The van der Waals surface area contributed by atoms with Crippen LogP contribution < -0.4 is 10.6 Å². The van der Waals surface area contributed by atoms with E-state index in [2.05, 4.69) is 10.6 Å². The van der Waals surface area contributed by atoms with E-state index in [4.69, 9.17) is 16.3 Å². The number of carbonyl (C=O) groups is 1. The Labute approximate surface area is 148 Å². The Morgan fingerprint density at radius 3 is 2.54 bits per heavy atom. The fourth-order valence-corrected chi connectivity index (χ4v) is 3.13. The van der Waals surface area contributed by atoms with Crippen LogP contribution in [0.1, 0.15) is 27.7 Å². The summed E-state index contributed by atoms with van der Waals surface area (Å²) < 4.78 is 29.0. The fraction of sp³-hybridized carbons (Fsp3) is 0.562. The number of rotatable bonds is 7. The summed E-state index contributed by atoms with van der Waals surface area (Å²) in [6.07, 6.45) is -0.647. The van der Waals surface area contributed by atoms with Crippen LogP contribution in [0.4, 0.5) is 10.5 Å². The summed E-state index contributed by atoms with van der Waals surface area (Å²) in [5.74, 6) is -0.160. The Kier molecular flexibility index (Phi) is 7.35. The van der Waals surface area contributed by atoms with Gasteiger partial charge in [0.2, 0.25) is 0 Å². The molecule has 0 spiro atoms. The van der Waals surface area contributed by atoms with Crippen molar-refractivity contribution in [2.45, 2.75) is 39.3 Å². The van der Waals surface area contributed by atoms with Gasteiger partial charge in [0, 0.05) is 23.0 Å². The SMILES string of the molecule is CCS(=O)(=O)C[C@@H](CNc1cccc(Cl)c1)NC(=O)OC(C)(C)C. The van der Waals surface area contributed by atoms with E-state index in [0.717, 1.165) is 5.69 Å². The van der Waals surface area contributed by atoms with Crippen LogP contribution in [0.25, 0.3) is 0 Å². The van der Waals surface area contributed by atoms with Gasteiger partial charge in [-0.25, -0.2) is 13.2 Å². The molecule has 0 saturated heterocycles. The highest BCUT2D eigenvalue weighted by Crippen LogP contribution is 2.15. The third-order valence-corrected chi connectivity index (χ3v) is 5.02. The van der Waals surface area contributed by atoms with Crippen molar-refractivity contribution in [3.05, 3.63) is 29.3 Å². The number of anilines is 1. The van der Waals surface area contributed by atoms with Crippen LogP contribution in [0.2, 0.25) is 5.02 Å². The number of benzene rings is 1.